The Labute approximate surface area is 154 Å². The third-order valence-electron chi connectivity index (χ3n) is 4.05. The van der Waals surface area contributed by atoms with Gasteiger partial charge in [-0.1, -0.05) is 42.2 Å². The van der Waals surface area contributed by atoms with E-state index in [0.717, 1.165) is 11.4 Å². The van der Waals surface area contributed by atoms with Gasteiger partial charge in [-0.2, -0.15) is 0 Å². The van der Waals surface area contributed by atoms with Crippen LogP contribution in [0.3, 0.4) is 0 Å². The van der Waals surface area contributed by atoms with Crippen LogP contribution in [0.25, 0.3) is 5.69 Å². The maximum atomic E-state index is 13.1. The van der Waals surface area contributed by atoms with Crippen LogP contribution in [-0.2, 0) is 16.6 Å². The maximum Gasteiger partial charge on any atom is 0.332 e. The highest BCUT2D eigenvalue weighted by Gasteiger charge is 2.32. The molecule has 8 heteroatoms. The van der Waals surface area contributed by atoms with Crippen molar-refractivity contribution in [1.29, 1.82) is 0 Å². The summed E-state index contributed by atoms with van der Waals surface area (Å²) in [5, 5.41) is 0. The fourth-order valence-electron chi connectivity index (χ4n) is 2.73. The number of esters is 1. The molecule has 0 unspecified atom stereocenters. The number of thioether (sulfide) groups is 1. The molecule has 0 atom stereocenters. The van der Waals surface area contributed by atoms with E-state index in [2.05, 4.69) is 0 Å². The van der Waals surface area contributed by atoms with Crippen LogP contribution in [0.4, 0.5) is 5.69 Å². The zero-order chi connectivity index (χ0) is 18.1. The first-order chi connectivity index (χ1) is 12.0. The minimum absolute atomic E-state index is 0.188. The van der Waals surface area contributed by atoms with E-state index < -0.39 is 5.97 Å². The molecule has 2 heterocycles. The van der Waals surface area contributed by atoms with Crippen LogP contribution in [0, 0.1) is 6.92 Å². The second kappa shape index (κ2) is 6.89. The van der Waals surface area contributed by atoms with Crippen LogP contribution in [0.1, 0.15) is 5.69 Å². The average molecular weight is 375 g/mol. The van der Waals surface area contributed by atoms with Crippen molar-refractivity contribution in [2.45, 2.75) is 6.92 Å². The van der Waals surface area contributed by atoms with Gasteiger partial charge >= 0.3 is 5.97 Å². The lowest BCUT2D eigenvalue weighted by Crippen LogP contribution is -2.28. The van der Waals surface area contributed by atoms with E-state index in [9.17, 15) is 9.59 Å². The summed E-state index contributed by atoms with van der Waals surface area (Å²) in [5.74, 6) is 0.0508. The molecule has 0 spiro atoms. The number of nitrogens with zero attached hydrogens (tertiary/aromatic N) is 3. The Morgan fingerprint density at radius 1 is 1.32 bits per heavy atom. The summed E-state index contributed by atoms with van der Waals surface area (Å²) in [7, 11) is 3.14. The van der Waals surface area contributed by atoms with Gasteiger partial charge < -0.3 is 4.74 Å². The SMILES string of the molecule is COC(=O)/C=C1\CSC(=S)N1c1c(C)n(C)n(-c2ccccc2)c1=O. The number of methoxy groups -OCH3 is 1. The fraction of sp³-hybridized carbons (Fsp3) is 0.235. The molecule has 25 heavy (non-hydrogen) atoms. The lowest BCUT2D eigenvalue weighted by atomic mass is 10.3. The lowest BCUT2D eigenvalue weighted by molar-refractivity contribution is -0.134. The standard InChI is InChI=1S/C17H17N3O3S2/c1-11-15(19-13(9-14(21)23-3)10-25-17(19)24)16(22)20(18(11)2)12-7-5-4-6-8-12/h4-9H,10H2,1-3H3/b13-9+. The molecule has 1 saturated heterocycles. The molecule has 3 rings (SSSR count). The summed E-state index contributed by atoms with van der Waals surface area (Å²) in [4.78, 5) is 26.5. The highest BCUT2D eigenvalue weighted by atomic mass is 32.2. The molecule has 0 amide bonds. The molecule has 1 aromatic heterocycles. The minimum Gasteiger partial charge on any atom is -0.466 e. The number of carbonyl (C=O) groups is 1. The number of hydrogen-bond donors (Lipinski definition) is 0. The van der Waals surface area contributed by atoms with Crippen molar-refractivity contribution >= 4 is 40.0 Å². The Morgan fingerprint density at radius 3 is 2.64 bits per heavy atom. The summed E-state index contributed by atoms with van der Waals surface area (Å²) in [6.45, 7) is 1.86. The average Bonchev–Trinajstić information content (AvgIpc) is 3.06. The number of thiocarbonyl (C=S) groups is 1. The largest absolute Gasteiger partial charge is 0.466 e. The summed E-state index contributed by atoms with van der Waals surface area (Å²) in [6, 6.07) is 9.39. The minimum atomic E-state index is -0.470. The second-order valence-electron chi connectivity index (χ2n) is 5.46. The van der Waals surface area contributed by atoms with E-state index >= 15 is 0 Å². The van der Waals surface area contributed by atoms with Crippen molar-refractivity contribution in [3.8, 4) is 5.69 Å². The first-order valence-electron chi connectivity index (χ1n) is 7.55. The second-order valence-corrected chi connectivity index (χ2v) is 7.07. The van der Waals surface area contributed by atoms with E-state index in [4.69, 9.17) is 17.0 Å². The number of carbonyl (C=O) groups excluding carboxylic acids is 1. The Morgan fingerprint density at radius 2 is 2.00 bits per heavy atom. The summed E-state index contributed by atoms with van der Waals surface area (Å²) in [5.41, 5.74) is 2.44. The van der Waals surface area contributed by atoms with Crippen LogP contribution in [0.15, 0.2) is 46.9 Å². The van der Waals surface area contributed by atoms with Crippen LogP contribution in [-0.4, -0.2) is 32.5 Å². The van der Waals surface area contributed by atoms with Gasteiger partial charge in [0.05, 0.1) is 18.5 Å². The first kappa shape index (κ1) is 17.5. The third kappa shape index (κ3) is 3.03. The maximum absolute atomic E-state index is 13.1. The highest BCUT2D eigenvalue weighted by molar-refractivity contribution is 8.24. The molecule has 2 aromatic rings. The topological polar surface area (TPSA) is 56.5 Å². The van der Waals surface area contributed by atoms with E-state index in [0.29, 0.717) is 21.5 Å². The van der Waals surface area contributed by atoms with Gasteiger partial charge in [0.1, 0.15) is 10.0 Å². The van der Waals surface area contributed by atoms with Crippen LogP contribution in [0.5, 0.6) is 0 Å². The number of aromatic nitrogens is 2. The van der Waals surface area contributed by atoms with Gasteiger partial charge in [0.2, 0.25) is 0 Å². The highest BCUT2D eigenvalue weighted by Crippen LogP contribution is 2.33. The first-order valence-corrected chi connectivity index (χ1v) is 8.94. The van der Waals surface area contributed by atoms with Crippen LogP contribution >= 0.6 is 24.0 Å². The van der Waals surface area contributed by atoms with Crippen molar-refractivity contribution in [3.05, 3.63) is 58.2 Å². The molecule has 0 N–H and O–H groups in total. The Kier molecular flexibility index (Phi) is 4.82. The molecule has 1 aliphatic heterocycles. The van der Waals surface area contributed by atoms with E-state index in [1.165, 1.54) is 24.9 Å². The molecule has 130 valence electrons. The number of benzene rings is 1. The van der Waals surface area contributed by atoms with Gasteiger partial charge in [0, 0.05) is 24.6 Å². The molecular weight excluding hydrogens is 358 g/mol. The van der Waals surface area contributed by atoms with Crippen molar-refractivity contribution < 1.29 is 9.53 Å². The van der Waals surface area contributed by atoms with Gasteiger partial charge in [0.15, 0.2) is 0 Å². The normalized spacial score (nSPS) is 15.9. The molecule has 0 bridgehead atoms. The molecule has 1 aromatic carbocycles. The molecule has 0 radical (unpaired) electrons. The number of hydrogen-bond acceptors (Lipinski definition) is 5. The van der Waals surface area contributed by atoms with Crippen molar-refractivity contribution in [2.24, 2.45) is 7.05 Å². The Hall–Kier alpha value is -2.32. The fourth-order valence-corrected chi connectivity index (χ4v) is 3.94. The third-order valence-corrected chi connectivity index (χ3v) is 5.45. The van der Waals surface area contributed by atoms with Crippen LogP contribution < -0.4 is 10.5 Å². The number of anilines is 1. The lowest BCUT2D eigenvalue weighted by Gasteiger charge is -2.17. The smallest absolute Gasteiger partial charge is 0.332 e. The molecule has 1 fully saturated rings. The quantitative estimate of drug-likeness (QED) is 0.466. The Balaban J connectivity index is 2.18. The Bertz CT molecular complexity index is 929. The number of ether oxygens (including phenoxy) is 1. The van der Waals surface area contributed by atoms with Gasteiger partial charge in [-0.3, -0.25) is 14.4 Å². The van der Waals surface area contributed by atoms with Gasteiger partial charge in [0.25, 0.3) is 5.56 Å². The molecule has 0 aliphatic carbocycles. The predicted molar refractivity (Wildman–Crippen MR) is 103 cm³/mol. The molecular formula is C17H17N3O3S2. The number of rotatable bonds is 3. The van der Waals surface area contributed by atoms with Gasteiger partial charge in [-0.25, -0.2) is 9.48 Å². The molecule has 6 nitrogen and oxygen atoms in total. The van der Waals surface area contributed by atoms with E-state index in [1.807, 2.05) is 44.3 Å². The summed E-state index contributed by atoms with van der Waals surface area (Å²) in [6.07, 6.45) is 1.38. The monoisotopic (exact) mass is 375 g/mol. The molecule has 0 saturated carbocycles. The van der Waals surface area contributed by atoms with Crippen molar-refractivity contribution in [1.82, 2.24) is 9.36 Å². The summed E-state index contributed by atoms with van der Waals surface area (Å²) >= 11 is 6.83. The zero-order valence-corrected chi connectivity index (χ0v) is 15.7. The van der Waals surface area contributed by atoms with E-state index in [-0.39, 0.29) is 5.56 Å². The van der Waals surface area contributed by atoms with Gasteiger partial charge in [-0.15, -0.1) is 0 Å². The predicted octanol–water partition coefficient (Wildman–Crippen LogP) is 2.38. The van der Waals surface area contributed by atoms with Crippen molar-refractivity contribution in [3.63, 3.8) is 0 Å². The zero-order valence-electron chi connectivity index (χ0n) is 14.1. The van der Waals surface area contributed by atoms with Gasteiger partial charge in [-0.05, 0) is 19.1 Å². The molecule has 1 aliphatic rings. The number of para-hydroxylation sites is 1. The van der Waals surface area contributed by atoms with E-state index in [1.54, 1.807) is 14.3 Å². The van der Waals surface area contributed by atoms with Crippen molar-refractivity contribution in [2.75, 3.05) is 17.8 Å². The summed E-state index contributed by atoms with van der Waals surface area (Å²) < 4.78 is 8.63. The van der Waals surface area contributed by atoms with Crippen LogP contribution in [0.2, 0.25) is 0 Å².